The van der Waals surface area contributed by atoms with E-state index in [2.05, 4.69) is 37.7 Å². The molecule has 2 nitrogen and oxygen atoms in total. The van der Waals surface area contributed by atoms with E-state index >= 15 is 0 Å². The quantitative estimate of drug-likeness (QED) is 0.747. The van der Waals surface area contributed by atoms with Crippen LogP contribution >= 0.6 is 11.3 Å². The SMILES string of the molecule is Cc1nc(-c2ccncc2)sc1C(C)(C)C. The van der Waals surface area contributed by atoms with E-state index in [-0.39, 0.29) is 5.41 Å². The molecule has 0 atom stereocenters. The van der Waals surface area contributed by atoms with E-state index in [9.17, 15) is 0 Å². The highest BCUT2D eigenvalue weighted by molar-refractivity contribution is 7.15. The van der Waals surface area contributed by atoms with E-state index in [1.54, 1.807) is 11.3 Å². The summed E-state index contributed by atoms with van der Waals surface area (Å²) in [6.07, 6.45) is 3.62. The van der Waals surface area contributed by atoms with Crippen LogP contribution in [0.1, 0.15) is 31.3 Å². The molecule has 0 aromatic carbocycles. The molecule has 0 unspecified atom stereocenters. The summed E-state index contributed by atoms with van der Waals surface area (Å²) < 4.78 is 0. The Morgan fingerprint density at radius 1 is 1.12 bits per heavy atom. The summed E-state index contributed by atoms with van der Waals surface area (Å²) in [5.74, 6) is 0. The highest BCUT2D eigenvalue weighted by Crippen LogP contribution is 2.35. The van der Waals surface area contributed by atoms with Crippen LogP contribution in [0.5, 0.6) is 0 Å². The molecule has 2 rings (SSSR count). The van der Waals surface area contributed by atoms with Crippen LogP contribution in [-0.4, -0.2) is 9.97 Å². The minimum Gasteiger partial charge on any atom is -0.265 e. The summed E-state index contributed by atoms with van der Waals surface area (Å²) in [6.45, 7) is 8.76. The molecule has 0 bridgehead atoms. The Bertz CT molecular complexity index is 480. The zero-order valence-corrected chi connectivity index (χ0v) is 10.9. The zero-order valence-electron chi connectivity index (χ0n) is 10.1. The summed E-state index contributed by atoms with van der Waals surface area (Å²) in [4.78, 5) is 10.0. The summed E-state index contributed by atoms with van der Waals surface area (Å²) in [5.41, 5.74) is 2.47. The summed E-state index contributed by atoms with van der Waals surface area (Å²) in [5, 5.41) is 1.09. The van der Waals surface area contributed by atoms with Gasteiger partial charge in [0.15, 0.2) is 0 Å². The standard InChI is InChI=1S/C13H16N2S/c1-9-11(13(2,3)4)16-12(15-9)10-5-7-14-8-6-10/h5-8H,1-4H3. The number of aromatic nitrogens is 2. The Labute approximate surface area is 100 Å². The lowest BCUT2D eigenvalue weighted by Gasteiger charge is -2.16. The molecule has 0 N–H and O–H groups in total. The molecule has 0 spiro atoms. The fraction of sp³-hybridized carbons (Fsp3) is 0.385. The van der Waals surface area contributed by atoms with E-state index < -0.39 is 0 Å². The lowest BCUT2D eigenvalue weighted by atomic mass is 9.93. The van der Waals surface area contributed by atoms with Crippen molar-refractivity contribution in [1.82, 2.24) is 9.97 Å². The number of pyridine rings is 1. The van der Waals surface area contributed by atoms with Gasteiger partial charge in [-0.15, -0.1) is 11.3 Å². The van der Waals surface area contributed by atoms with Crippen molar-refractivity contribution >= 4 is 11.3 Å². The Morgan fingerprint density at radius 2 is 1.75 bits per heavy atom. The first kappa shape index (κ1) is 11.3. The summed E-state index contributed by atoms with van der Waals surface area (Å²) >= 11 is 1.78. The van der Waals surface area contributed by atoms with Crippen LogP contribution in [0.4, 0.5) is 0 Å². The predicted molar refractivity (Wildman–Crippen MR) is 68.8 cm³/mol. The van der Waals surface area contributed by atoms with Crippen molar-refractivity contribution in [3.05, 3.63) is 35.1 Å². The molecule has 3 heteroatoms. The number of hydrogen-bond acceptors (Lipinski definition) is 3. The maximum Gasteiger partial charge on any atom is 0.123 e. The molecule has 16 heavy (non-hydrogen) atoms. The summed E-state index contributed by atoms with van der Waals surface area (Å²) in [6, 6.07) is 4.01. The molecular formula is C13H16N2S. The van der Waals surface area contributed by atoms with Gasteiger partial charge in [-0.3, -0.25) is 4.98 Å². The van der Waals surface area contributed by atoms with Crippen LogP contribution in [0.2, 0.25) is 0 Å². The minimum absolute atomic E-state index is 0.174. The average Bonchev–Trinajstić information content (AvgIpc) is 2.61. The maximum atomic E-state index is 4.64. The Balaban J connectivity index is 2.47. The highest BCUT2D eigenvalue weighted by Gasteiger charge is 2.21. The second-order valence-corrected chi connectivity index (χ2v) is 5.92. The van der Waals surface area contributed by atoms with Crippen molar-refractivity contribution in [3.63, 3.8) is 0 Å². The van der Waals surface area contributed by atoms with Crippen LogP contribution in [0.3, 0.4) is 0 Å². The van der Waals surface area contributed by atoms with Crippen LogP contribution in [0.25, 0.3) is 10.6 Å². The van der Waals surface area contributed by atoms with Crippen molar-refractivity contribution in [2.75, 3.05) is 0 Å². The molecule has 84 valence electrons. The third-order valence-electron chi connectivity index (χ3n) is 2.41. The van der Waals surface area contributed by atoms with Crippen LogP contribution in [0, 0.1) is 6.92 Å². The van der Waals surface area contributed by atoms with Crippen molar-refractivity contribution in [2.24, 2.45) is 0 Å². The molecule has 0 saturated heterocycles. The number of aryl methyl sites for hydroxylation is 1. The molecule has 2 aromatic heterocycles. The maximum absolute atomic E-state index is 4.64. The molecule has 0 fully saturated rings. The van der Waals surface area contributed by atoms with Crippen molar-refractivity contribution in [2.45, 2.75) is 33.1 Å². The van der Waals surface area contributed by atoms with E-state index in [1.165, 1.54) is 4.88 Å². The first-order valence-corrected chi connectivity index (χ1v) is 6.18. The molecule has 0 aliphatic rings. The Morgan fingerprint density at radius 3 is 2.25 bits per heavy atom. The van der Waals surface area contributed by atoms with E-state index in [4.69, 9.17) is 0 Å². The number of thiazole rings is 1. The number of nitrogens with zero attached hydrogens (tertiary/aromatic N) is 2. The molecule has 0 saturated carbocycles. The van der Waals surface area contributed by atoms with Gasteiger partial charge in [0.05, 0.1) is 5.69 Å². The van der Waals surface area contributed by atoms with Gasteiger partial charge in [-0.2, -0.15) is 0 Å². The van der Waals surface area contributed by atoms with Gasteiger partial charge >= 0.3 is 0 Å². The number of hydrogen-bond donors (Lipinski definition) is 0. The largest absolute Gasteiger partial charge is 0.265 e. The normalized spacial score (nSPS) is 11.8. The first-order valence-electron chi connectivity index (χ1n) is 5.37. The third kappa shape index (κ3) is 2.14. The molecular weight excluding hydrogens is 216 g/mol. The van der Waals surface area contributed by atoms with Crippen LogP contribution < -0.4 is 0 Å². The number of rotatable bonds is 1. The lowest BCUT2D eigenvalue weighted by molar-refractivity contribution is 0.598. The van der Waals surface area contributed by atoms with Gasteiger partial charge in [0, 0.05) is 22.8 Å². The molecule has 0 aliphatic carbocycles. The molecule has 2 aromatic rings. The van der Waals surface area contributed by atoms with Crippen molar-refractivity contribution < 1.29 is 0 Å². The Kier molecular flexibility index (Phi) is 2.80. The molecule has 2 heterocycles. The van der Waals surface area contributed by atoms with Crippen LogP contribution in [-0.2, 0) is 5.41 Å². The molecule has 0 amide bonds. The van der Waals surface area contributed by atoms with Gasteiger partial charge < -0.3 is 0 Å². The van der Waals surface area contributed by atoms with Gasteiger partial charge in [0.1, 0.15) is 5.01 Å². The monoisotopic (exact) mass is 232 g/mol. The third-order valence-corrected chi connectivity index (χ3v) is 4.04. The van der Waals surface area contributed by atoms with Crippen molar-refractivity contribution in [1.29, 1.82) is 0 Å². The molecule has 0 radical (unpaired) electrons. The first-order chi connectivity index (χ1) is 7.48. The average molecular weight is 232 g/mol. The fourth-order valence-electron chi connectivity index (χ4n) is 1.71. The smallest absolute Gasteiger partial charge is 0.123 e. The van der Waals surface area contributed by atoms with E-state index in [1.807, 2.05) is 24.5 Å². The topological polar surface area (TPSA) is 25.8 Å². The van der Waals surface area contributed by atoms with Gasteiger partial charge in [-0.1, -0.05) is 20.8 Å². The molecule has 0 aliphatic heterocycles. The second kappa shape index (κ2) is 3.98. The van der Waals surface area contributed by atoms with Gasteiger partial charge in [0.25, 0.3) is 0 Å². The van der Waals surface area contributed by atoms with Gasteiger partial charge in [-0.05, 0) is 24.5 Å². The fourth-order valence-corrected chi connectivity index (χ4v) is 2.84. The Hall–Kier alpha value is -1.22. The highest BCUT2D eigenvalue weighted by atomic mass is 32.1. The lowest BCUT2D eigenvalue weighted by Crippen LogP contribution is -2.10. The zero-order chi connectivity index (χ0) is 11.8. The summed E-state index contributed by atoms with van der Waals surface area (Å²) in [7, 11) is 0. The van der Waals surface area contributed by atoms with Crippen LogP contribution in [0.15, 0.2) is 24.5 Å². The minimum atomic E-state index is 0.174. The second-order valence-electron chi connectivity index (χ2n) is 4.92. The predicted octanol–water partition coefficient (Wildman–Crippen LogP) is 3.81. The van der Waals surface area contributed by atoms with E-state index in [0.717, 1.165) is 16.3 Å². The van der Waals surface area contributed by atoms with Gasteiger partial charge in [-0.25, -0.2) is 4.98 Å². The van der Waals surface area contributed by atoms with E-state index in [0.29, 0.717) is 0 Å². The van der Waals surface area contributed by atoms with Gasteiger partial charge in [0.2, 0.25) is 0 Å². The van der Waals surface area contributed by atoms with Crippen molar-refractivity contribution in [3.8, 4) is 10.6 Å².